The third-order valence-corrected chi connectivity index (χ3v) is 6.60. The van der Waals surface area contributed by atoms with E-state index in [-0.39, 0.29) is 17.6 Å². The van der Waals surface area contributed by atoms with Gasteiger partial charge in [0.15, 0.2) is 4.34 Å². The zero-order valence-electron chi connectivity index (χ0n) is 17.2. The maximum absolute atomic E-state index is 12.5. The molecule has 0 fully saturated rings. The van der Waals surface area contributed by atoms with Crippen LogP contribution in [-0.4, -0.2) is 27.8 Å². The van der Waals surface area contributed by atoms with Gasteiger partial charge in [0.25, 0.3) is 5.91 Å². The first-order valence-corrected chi connectivity index (χ1v) is 11.7. The van der Waals surface area contributed by atoms with Gasteiger partial charge < -0.3 is 5.32 Å². The van der Waals surface area contributed by atoms with Crippen LogP contribution in [0, 0.1) is 6.92 Å². The van der Waals surface area contributed by atoms with Gasteiger partial charge in [0, 0.05) is 11.3 Å². The minimum absolute atomic E-state index is 0.122. The molecule has 6 nitrogen and oxygen atoms in total. The second-order valence-electron chi connectivity index (χ2n) is 6.92. The highest BCUT2D eigenvalue weighted by Crippen LogP contribution is 2.26. The van der Waals surface area contributed by atoms with Gasteiger partial charge in [-0.25, -0.2) is 0 Å². The number of rotatable bonds is 7. The molecular formula is C24H20N4O2S2. The fourth-order valence-corrected chi connectivity index (χ4v) is 4.51. The van der Waals surface area contributed by atoms with E-state index in [0.717, 1.165) is 22.4 Å². The van der Waals surface area contributed by atoms with Crippen LogP contribution in [0.2, 0.25) is 0 Å². The smallest absolute Gasteiger partial charge is 0.257 e. The SMILES string of the molecule is Cc1ccccc1NC(=O)CSc1nnc(NC(=O)c2ccc(-c3ccccc3)cc2)s1. The lowest BCUT2D eigenvalue weighted by atomic mass is 10.0. The third-order valence-electron chi connectivity index (χ3n) is 4.63. The Bertz CT molecular complexity index is 1220. The van der Waals surface area contributed by atoms with Crippen molar-refractivity contribution < 1.29 is 9.59 Å². The van der Waals surface area contributed by atoms with E-state index < -0.39 is 0 Å². The lowest BCUT2D eigenvalue weighted by Gasteiger charge is -2.06. The number of aromatic nitrogens is 2. The molecule has 0 bridgehead atoms. The zero-order chi connectivity index (χ0) is 22.3. The number of para-hydroxylation sites is 1. The molecule has 0 aliphatic rings. The molecule has 160 valence electrons. The first-order chi connectivity index (χ1) is 15.6. The molecular weight excluding hydrogens is 440 g/mol. The average Bonchev–Trinajstić information content (AvgIpc) is 3.27. The highest BCUT2D eigenvalue weighted by molar-refractivity contribution is 8.01. The van der Waals surface area contributed by atoms with Crippen LogP contribution in [0.4, 0.5) is 10.8 Å². The van der Waals surface area contributed by atoms with Gasteiger partial charge in [-0.1, -0.05) is 83.8 Å². The molecule has 1 aromatic heterocycles. The molecule has 0 spiro atoms. The first kappa shape index (κ1) is 21.7. The summed E-state index contributed by atoms with van der Waals surface area (Å²) in [5, 5.41) is 14.1. The van der Waals surface area contributed by atoms with Gasteiger partial charge in [-0.15, -0.1) is 10.2 Å². The fourth-order valence-electron chi connectivity index (χ4n) is 2.96. The molecule has 0 atom stereocenters. The summed E-state index contributed by atoms with van der Waals surface area (Å²) in [4.78, 5) is 24.7. The van der Waals surface area contributed by atoms with E-state index in [1.54, 1.807) is 12.1 Å². The Balaban J connectivity index is 1.30. The van der Waals surface area contributed by atoms with Gasteiger partial charge >= 0.3 is 0 Å². The average molecular weight is 461 g/mol. The van der Waals surface area contributed by atoms with Crippen LogP contribution in [0.1, 0.15) is 15.9 Å². The topological polar surface area (TPSA) is 84.0 Å². The summed E-state index contributed by atoms with van der Waals surface area (Å²) in [6.07, 6.45) is 0. The molecule has 0 aliphatic heterocycles. The molecule has 4 rings (SSSR count). The summed E-state index contributed by atoms with van der Waals surface area (Å²) in [6.45, 7) is 1.94. The van der Waals surface area contributed by atoms with Gasteiger partial charge in [-0.05, 0) is 41.8 Å². The van der Waals surface area contributed by atoms with Crippen LogP contribution in [-0.2, 0) is 4.79 Å². The van der Waals surface area contributed by atoms with Crippen molar-refractivity contribution in [3.63, 3.8) is 0 Å². The van der Waals surface area contributed by atoms with E-state index in [4.69, 9.17) is 0 Å². The van der Waals surface area contributed by atoms with E-state index in [1.165, 1.54) is 23.1 Å². The predicted octanol–water partition coefficient (Wildman–Crippen LogP) is 5.50. The summed E-state index contributed by atoms with van der Waals surface area (Å²) in [5.41, 5.74) is 4.47. The van der Waals surface area contributed by atoms with E-state index in [0.29, 0.717) is 15.0 Å². The Morgan fingerprint density at radius 1 is 0.844 bits per heavy atom. The Labute approximate surface area is 194 Å². The van der Waals surface area contributed by atoms with Crippen molar-refractivity contribution >= 4 is 45.7 Å². The number of carbonyl (C=O) groups is 2. The maximum Gasteiger partial charge on any atom is 0.257 e. The Kier molecular flexibility index (Phi) is 6.94. The summed E-state index contributed by atoms with van der Waals surface area (Å²) >= 11 is 2.51. The molecule has 2 N–H and O–H groups in total. The summed E-state index contributed by atoms with van der Waals surface area (Å²) in [5.74, 6) is -0.170. The maximum atomic E-state index is 12.5. The normalized spacial score (nSPS) is 10.5. The molecule has 8 heteroatoms. The number of aryl methyl sites for hydroxylation is 1. The van der Waals surface area contributed by atoms with Crippen molar-refractivity contribution in [2.45, 2.75) is 11.3 Å². The van der Waals surface area contributed by atoms with Crippen molar-refractivity contribution in [3.05, 3.63) is 90.0 Å². The molecule has 2 amide bonds. The Hall–Kier alpha value is -3.49. The fraction of sp³-hybridized carbons (Fsp3) is 0.0833. The monoisotopic (exact) mass is 460 g/mol. The first-order valence-electron chi connectivity index (χ1n) is 9.87. The molecule has 0 radical (unpaired) electrons. The van der Waals surface area contributed by atoms with Crippen molar-refractivity contribution in [2.24, 2.45) is 0 Å². The number of hydrogen-bond donors (Lipinski definition) is 2. The Morgan fingerprint density at radius 3 is 2.28 bits per heavy atom. The van der Waals surface area contributed by atoms with Gasteiger partial charge in [-0.2, -0.15) is 0 Å². The largest absolute Gasteiger partial charge is 0.325 e. The summed E-state index contributed by atoms with van der Waals surface area (Å²) in [6, 6.07) is 25.0. The van der Waals surface area contributed by atoms with Crippen LogP contribution in [0.5, 0.6) is 0 Å². The molecule has 32 heavy (non-hydrogen) atoms. The summed E-state index contributed by atoms with van der Waals surface area (Å²) in [7, 11) is 0. The van der Waals surface area contributed by atoms with E-state index in [9.17, 15) is 9.59 Å². The third kappa shape index (κ3) is 5.60. The molecule has 0 unspecified atom stereocenters. The van der Waals surface area contributed by atoms with Gasteiger partial charge in [0.05, 0.1) is 5.75 Å². The molecule has 0 saturated heterocycles. The second kappa shape index (κ2) is 10.2. The van der Waals surface area contributed by atoms with E-state index >= 15 is 0 Å². The minimum atomic E-state index is -0.255. The lowest BCUT2D eigenvalue weighted by Crippen LogP contribution is -2.14. The van der Waals surface area contributed by atoms with Gasteiger partial charge in [-0.3, -0.25) is 14.9 Å². The quantitative estimate of drug-likeness (QED) is 0.281. The Morgan fingerprint density at radius 2 is 1.53 bits per heavy atom. The van der Waals surface area contributed by atoms with Crippen molar-refractivity contribution in [2.75, 3.05) is 16.4 Å². The zero-order valence-corrected chi connectivity index (χ0v) is 18.9. The number of nitrogens with zero attached hydrogens (tertiary/aromatic N) is 2. The number of thioether (sulfide) groups is 1. The van der Waals surface area contributed by atoms with E-state index in [1.807, 2.05) is 73.7 Å². The molecule has 0 saturated carbocycles. The highest BCUT2D eigenvalue weighted by atomic mass is 32.2. The highest BCUT2D eigenvalue weighted by Gasteiger charge is 2.12. The predicted molar refractivity (Wildman–Crippen MR) is 130 cm³/mol. The molecule has 1 heterocycles. The van der Waals surface area contributed by atoms with Crippen LogP contribution in [0.3, 0.4) is 0 Å². The van der Waals surface area contributed by atoms with Crippen LogP contribution < -0.4 is 10.6 Å². The number of anilines is 2. The number of hydrogen-bond acceptors (Lipinski definition) is 6. The standard InChI is InChI=1S/C24H20N4O2S2/c1-16-7-5-6-10-20(16)25-21(29)15-31-24-28-27-23(32-24)26-22(30)19-13-11-18(12-14-19)17-8-3-2-4-9-17/h2-14H,15H2,1H3,(H,25,29)(H,26,27,30). The van der Waals surface area contributed by atoms with Gasteiger partial charge in [0.2, 0.25) is 11.0 Å². The second-order valence-corrected chi connectivity index (χ2v) is 9.12. The minimum Gasteiger partial charge on any atom is -0.325 e. The van der Waals surface area contributed by atoms with E-state index in [2.05, 4.69) is 20.8 Å². The van der Waals surface area contributed by atoms with Gasteiger partial charge in [0.1, 0.15) is 0 Å². The molecule has 0 aliphatic carbocycles. The van der Waals surface area contributed by atoms with Crippen molar-refractivity contribution in [3.8, 4) is 11.1 Å². The van der Waals surface area contributed by atoms with Crippen LogP contribution >= 0.6 is 23.1 Å². The van der Waals surface area contributed by atoms with Crippen LogP contribution in [0.25, 0.3) is 11.1 Å². The van der Waals surface area contributed by atoms with Crippen molar-refractivity contribution in [1.82, 2.24) is 10.2 Å². The number of amides is 2. The van der Waals surface area contributed by atoms with Crippen LogP contribution in [0.15, 0.2) is 83.2 Å². The summed E-state index contributed by atoms with van der Waals surface area (Å²) < 4.78 is 0.611. The molecule has 4 aromatic rings. The number of benzene rings is 3. The molecule has 3 aromatic carbocycles. The number of nitrogens with one attached hydrogen (secondary N) is 2. The number of carbonyl (C=O) groups excluding carboxylic acids is 2. The van der Waals surface area contributed by atoms with Crippen molar-refractivity contribution in [1.29, 1.82) is 0 Å². The lowest BCUT2D eigenvalue weighted by molar-refractivity contribution is -0.113.